The molecule has 112 valence electrons. The number of benzene rings is 2. The minimum Gasteiger partial charge on any atom is -0.265 e. The summed E-state index contributed by atoms with van der Waals surface area (Å²) in [5.74, 6) is 0. The molecule has 0 saturated carbocycles. The molecule has 3 rings (SSSR count). The lowest BCUT2D eigenvalue weighted by atomic mass is 10.0. The highest BCUT2D eigenvalue weighted by atomic mass is 15.2. The molecule has 0 N–H and O–H groups in total. The summed E-state index contributed by atoms with van der Waals surface area (Å²) in [6, 6.07) is 24.1. The first-order valence-electron chi connectivity index (χ1n) is 7.48. The number of hydrogen-bond acceptors (Lipinski definition) is 3. The van der Waals surface area contributed by atoms with E-state index in [4.69, 9.17) is 0 Å². The molecule has 2 aromatic carbocycles. The Morgan fingerprint density at radius 3 is 1.70 bits per heavy atom. The molecule has 1 aromatic heterocycles. The standard InChI is InChI=1S/C20H17N3/c1-16(17-12-14-21-15-13-17)22-23-20(18-8-4-2-5-9-18)19-10-6-3-7-11-19/h2-15H,1H3/b22-16+. The summed E-state index contributed by atoms with van der Waals surface area (Å²) in [5, 5.41) is 8.95. The van der Waals surface area contributed by atoms with E-state index >= 15 is 0 Å². The van der Waals surface area contributed by atoms with Gasteiger partial charge in [0.05, 0.1) is 5.71 Å². The second-order valence-electron chi connectivity index (χ2n) is 5.10. The van der Waals surface area contributed by atoms with E-state index in [0.29, 0.717) is 0 Å². The van der Waals surface area contributed by atoms with E-state index < -0.39 is 0 Å². The highest BCUT2D eigenvalue weighted by Crippen LogP contribution is 2.11. The monoisotopic (exact) mass is 299 g/mol. The summed E-state index contributed by atoms with van der Waals surface area (Å²) >= 11 is 0. The van der Waals surface area contributed by atoms with Gasteiger partial charge in [-0.15, -0.1) is 5.10 Å². The fourth-order valence-corrected chi connectivity index (χ4v) is 2.25. The van der Waals surface area contributed by atoms with E-state index in [0.717, 1.165) is 28.1 Å². The van der Waals surface area contributed by atoms with Crippen LogP contribution in [0.3, 0.4) is 0 Å². The van der Waals surface area contributed by atoms with Crippen LogP contribution in [0.1, 0.15) is 23.6 Å². The molecule has 0 spiro atoms. The number of rotatable bonds is 4. The molecule has 3 aromatic rings. The molecule has 23 heavy (non-hydrogen) atoms. The topological polar surface area (TPSA) is 37.6 Å². The van der Waals surface area contributed by atoms with Gasteiger partial charge in [-0.2, -0.15) is 5.10 Å². The average molecular weight is 299 g/mol. The Morgan fingerprint density at radius 2 is 1.17 bits per heavy atom. The van der Waals surface area contributed by atoms with Crippen molar-refractivity contribution >= 4 is 11.4 Å². The largest absolute Gasteiger partial charge is 0.265 e. The molecular formula is C20H17N3. The van der Waals surface area contributed by atoms with Gasteiger partial charge in [-0.3, -0.25) is 4.98 Å². The Morgan fingerprint density at radius 1 is 0.652 bits per heavy atom. The van der Waals surface area contributed by atoms with Crippen molar-refractivity contribution < 1.29 is 0 Å². The fourth-order valence-electron chi connectivity index (χ4n) is 2.25. The van der Waals surface area contributed by atoms with E-state index in [2.05, 4.69) is 15.2 Å². The van der Waals surface area contributed by atoms with Crippen LogP contribution < -0.4 is 0 Å². The van der Waals surface area contributed by atoms with Crippen LogP contribution in [0, 0.1) is 0 Å². The van der Waals surface area contributed by atoms with Crippen LogP contribution in [0.15, 0.2) is 95.4 Å². The van der Waals surface area contributed by atoms with Gasteiger partial charge >= 0.3 is 0 Å². The molecule has 0 amide bonds. The van der Waals surface area contributed by atoms with Crippen LogP contribution in [0.4, 0.5) is 0 Å². The van der Waals surface area contributed by atoms with Crippen molar-refractivity contribution in [3.05, 3.63) is 102 Å². The van der Waals surface area contributed by atoms with Crippen LogP contribution in [0.2, 0.25) is 0 Å². The van der Waals surface area contributed by atoms with Crippen molar-refractivity contribution in [1.29, 1.82) is 0 Å². The second kappa shape index (κ2) is 7.27. The Bertz CT molecular complexity index is 766. The predicted molar refractivity (Wildman–Crippen MR) is 95.0 cm³/mol. The summed E-state index contributed by atoms with van der Waals surface area (Å²) in [4.78, 5) is 4.03. The van der Waals surface area contributed by atoms with Crippen molar-refractivity contribution in [2.75, 3.05) is 0 Å². The van der Waals surface area contributed by atoms with E-state index in [1.807, 2.05) is 79.7 Å². The van der Waals surface area contributed by atoms with Gasteiger partial charge in [-0.25, -0.2) is 0 Å². The van der Waals surface area contributed by atoms with Gasteiger partial charge in [-0.05, 0) is 19.1 Å². The van der Waals surface area contributed by atoms with E-state index in [1.54, 1.807) is 12.4 Å². The molecule has 0 aliphatic carbocycles. The summed E-state index contributed by atoms with van der Waals surface area (Å²) in [5.41, 5.74) is 4.83. The molecule has 0 aliphatic rings. The van der Waals surface area contributed by atoms with Crippen molar-refractivity contribution in [2.24, 2.45) is 10.2 Å². The van der Waals surface area contributed by atoms with Gasteiger partial charge in [0.2, 0.25) is 0 Å². The minimum atomic E-state index is 0.858. The highest BCUT2D eigenvalue weighted by Gasteiger charge is 2.06. The van der Waals surface area contributed by atoms with Crippen molar-refractivity contribution in [2.45, 2.75) is 6.92 Å². The third-order valence-corrected chi connectivity index (χ3v) is 3.49. The number of nitrogens with zero attached hydrogens (tertiary/aromatic N) is 3. The quantitative estimate of drug-likeness (QED) is 0.521. The fraction of sp³-hybridized carbons (Fsp3) is 0.0500. The molecular weight excluding hydrogens is 282 g/mol. The lowest BCUT2D eigenvalue weighted by Gasteiger charge is -2.05. The van der Waals surface area contributed by atoms with Gasteiger partial charge in [0.25, 0.3) is 0 Å². The van der Waals surface area contributed by atoms with Crippen molar-refractivity contribution in [3.8, 4) is 0 Å². The average Bonchev–Trinajstić information content (AvgIpc) is 2.64. The van der Waals surface area contributed by atoms with Gasteiger partial charge in [0, 0.05) is 29.1 Å². The maximum Gasteiger partial charge on any atom is 0.100 e. The summed E-state index contributed by atoms with van der Waals surface area (Å²) in [6.45, 7) is 1.95. The first-order valence-corrected chi connectivity index (χ1v) is 7.48. The van der Waals surface area contributed by atoms with Crippen LogP contribution in [-0.4, -0.2) is 16.4 Å². The van der Waals surface area contributed by atoms with Gasteiger partial charge < -0.3 is 0 Å². The second-order valence-corrected chi connectivity index (χ2v) is 5.10. The molecule has 0 atom stereocenters. The number of hydrogen-bond donors (Lipinski definition) is 0. The summed E-state index contributed by atoms with van der Waals surface area (Å²) < 4.78 is 0. The van der Waals surface area contributed by atoms with Crippen molar-refractivity contribution in [1.82, 2.24) is 4.98 Å². The number of pyridine rings is 1. The molecule has 3 nitrogen and oxygen atoms in total. The molecule has 0 radical (unpaired) electrons. The van der Waals surface area contributed by atoms with Crippen LogP contribution in [0.25, 0.3) is 0 Å². The maximum atomic E-state index is 4.52. The smallest absolute Gasteiger partial charge is 0.100 e. The Kier molecular flexibility index (Phi) is 4.69. The van der Waals surface area contributed by atoms with E-state index in [1.165, 1.54) is 0 Å². The Labute approximate surface area is 136 Å². The van der Waals surface area contributed by atoms with Gasteiger partial charge in [-0.1, -0.05) is 60.7 Å². The Balaban J connectivity index is 2.02. The molecule has 0 fully saturated rings. The third-order valence-electron chi connectivity index (χ3n) is 3.49. The van der Waals surface area contributed by atoms with E-state index in [9.17, 15) is 0 Å². The molecule has 1 heterocycles. The lowest BCUT2D eigenvalue weighted by Crippen LogP contribution is -2.03. The highest BCUT2D eigenvalue weighted by molar-refractivity contribution is 6.13. The summed E-state index contributed by atoms with van der Waals surface area (Å²) in [7, 11) is 0. The lowest BCUT2D eigenvalue weighted by molar-refractivity contribution is 1.21. The first-order chi connectivity index (χ1) is 11.3. The van der Waals surface area contributed by atoms with Gasteiger partial charge in [0.15, 0.2) is 0 Å². The van der Waals surface area contributed by atoms with E-state index in [-0.39, 0.29) is 0 Å². The maximum absolute atomic E-state index is 4.52. The Hall–Kier alpha value is -3.07. The molecule has 0 aliphatic heterocycles. The molecule has 3 heteroatoms. The summed E-state index contributed by atoms with van der Waals surface area (Å²) in [6.07, 6.45) is 3.51. The van der Waals surface area contributed by atoms with Crippen LogP contribution >= 0.6 is 0 Å². The number of aromatic nitrogens is 1. The predicted octanol–water partition coefficient (Wildman–Crippen LogP) is 4.34. The molecule has 0 unspecified atom stereocenters. The normalized spacial score (nSPS) is 11.1. The minimum absolute atomic E-state index is 0.858. The van der Waals surface area contributed by atoms with Crippen LogP contribution in [-0.2, 0) is 0 Å². The van der Waals surface area contributed by atoms with Gasteiger partial charge in [0.1, 0.15) is 5.71 Å². The molecule has 0 bridgehead atoms. The zero-order valence-corrected chi connectivity index (χ0v) is 12.9. The zero-order valence-electron chi connectivity index (χ0n) is 12.9. The third kappa shape index (κ3) is 3.77. The first kappa shape index (κ1) is 14.9. The SMILES string of the molecule is C/C(=N\N=C(c1ccccc1)c1ccccc1)c1ccncc1. The molecule has 0 saturated heterocycles. The van der Waals surface area contributed by atoms with Crippen LogP contribution in [0.5, 0.6) is 0 Å². The zero-order chi connectivity index (χ0) is 15.9. The van der Waals surface area contributed by atoms with Crippen molar-refractivity contribution in [3.63, 3.8) is 0 Å².